The van der Waals surface area contributed by atoms with E-state index < -0.39 is 0 Å². The van der Waals surface area contributed by atoms with Gasteiger partial charge in [0, 0.05) is 19.1 Å². The van der Waals surface area contributed by atoms with Crippen LogP contribution in [0.1, 0.15) is 42.4 Å². The molecule has 2 aliphatic heterocycles. The SMILES string of the molecule is C=C1N(C)C2=C(C(=O)N1Cc1ccc(OC)cc1)N(Cc1ccc(C)cc1)C(NC1(CO)CCCC1)N2. The highest BCUT2D eigenvalue weighted by Crippen LogP contribution is 2.36. The first kappa shape index (κ1) is 25.2. The van der Waals surface area contributed by atoms with E-state index in [0.29, 0.717) is 24.6 Å². The maximum absolute atomic E-state index is 14.1. The topological polar surface area (TPSA) is 80.3 Å². The number of carbonyl (C=O) groups is 1. The summed E-state index contributed by atoms with van der Waals surface area (Å²) >= 11 is 0. The zero-order valence-electron chi connectivity index (χ0n) is 22.0. The molecule has 0 saturated heterocycles. The van der Waals surface area contributed by atoms with E-state index in [-0.39, 0.29) is 24.3 Å². The van der Waals surface area contributed by atoms with Crippen LogP contribution in [0.2, 0.25) is 0 Å². The summed E-state index contributed by atoms with van der Waals surface area (Å²) in [5, 5.41) is 17.5. The van der Waals surface area contributed by atoms with Gasteiger partial charge < -0.3 is 25.0 Å². The van der Waals surface area contributed by atoms with E-state index in [4.69, 9.17) is 4.74 Å². The van der Waals surface area contributed by atoms with Gasteiger partial charge in [-0.15, -0.1) is 0 Å². The largest absolute Gasteiger partial charge is 0.497 e. The van der Waals surface area contributed by atoms with Crippen molar-refractivity contribution in [3.63, 3.8) is 0 Å². The number of benzene rings is 2. The molecule has 8 nitrogen and oxygen atoms in total. The predicted octanol–water partition coefficient (Wildman–Crippen LogP) is 3.20. The molecule has 3 aliphatic rings. The first-order valence-electron chi connectivity index (χ1n) is 12.9. The third kappa shape index (κ3) is 4.79. The van der Waals surface area contributed by atoms with Gasteiger partial charge in [-0.3, -0.25) is 15.0 Å². The summed E-state index contributed by atoms with van der Waals surface area (Å²) in [6.07, 6.45) is 3.64. The van der Waals surface area contributed by atoms with Crippen LogP contribution in [-0.2, 0) is 17.9 Å². The second-order valence-corrected chi connectivity index (χ2v) is 10.4. The van der Waals surface area contributed by atoms with Crippen LogP contribution in [0.4, 0.5) is 0 Å². The lowest BCUT2D eigenvalue weighted by molar-refractivity contribution is -0.129. The number of ether oxygens (including phenoxy) is 1. The summed E-state index contributed by atoms with van der Waals surface area (Å²) in [4.78, 5) is 19.8. The monoisotopic (exact) mass is 503 g/mol. The molecule has 1 amide bonds. The van der Waals surface area contributed by atoms with Gasteiger partial charge in [0.15, 0.2) is 6.29 Å². The minimum atomic E-state index is -0.362. The van der Waals surface area contributed by atoms with Crippen molar-refractivity contribution in [2.75, 3.05) is 20.8 Å². The van der Waals surface area contributed by atoms with E-state index in [1.54, 1.807) is 12.0 Å². The molecule has 8 heteroatoms. The van der Waals surface area contributed by atoms with Crippen LogP contribution in [0.3, 0.4) is 0 Å². The van der Waals surface area contributed by atoms with Gasteiger partial charge in [0.05, 0.1) is 20.3 Å². The summed E-state index contributed by atoms with van der Waals surface area (Å²) in [6, 6.07) is 16.1. The molecule has 2 heterocycles. The molecular weight excluding hydrogens is 466 g/mol. The quantitative estimate of drug-likeness (QED) is 0.511. The van der Waals surface area contributed by atoms with Gasteiger partial charge in [0.25, 0.3) is 5.91 Å². The van der Waals surface area contributed by atoms with Crippen molar-refractivity contribution >= 4 is 5.91 Å². The molecule has 3 N–H and O–H groups in total. The van der Waals surface area contributed by atoms with Gasteiger partial charge >= 0.3 is 0 Å². The van der Waals surface area contributed by atoms with Crippen LogP contribution < -0.4 is 15.4 Å². The highest BCUT2D eigenvalue weighted by Gasteiger charge is 2.46. The third-order valence-electron chi connectivity index (χ3n) is 7.86. The van der Waals surface area contributed by atoms with Crippen molar-refractivity contribution in [2.45, 2.75) is 57.5 Å². The first-order chi connectivity index (χ1) is 17.8. The van der Waals surface area contributed by atoms with E-state index in [1.807, 2.05) is 36.2 Å². The molecule has 0 bridgehead atoms. The number of amides is 1. The Bertz CT molecular complexity index is 1190. The zero-order valence-corrected chi connectivity index (χ0v) is 22.0. The number of aryl methyl sites for hydroxylation is 1. The number of hydrogen-bond acceptors (Lipinski definition) is 7. The number of aliphatic hydroxyl groups is 1. The Kier molecular flexibility index (Phi) is 6.88. The minimum absolute atomic E-state index is 0.0638. The van der Waals surface area contributed by atoms with Crippen molar-refractivity contribution in [2.24, 2.45) is 0 Å². The molecule has 0 aromatic heterocycles. The molecule has 1 atom stereocenters. The lowest BCUT2D eigenvalue weighted by Crippen LogP contribution is -2.59. The molecule has 1 fully saturated rings. The van der Waals surface area contributed by atoms with Gasteiger partial charge in [0.2, 0.25) is 0 Å². The molecule has 1 aliphatic carbocycles. The van der Waals surface area contributed by atoms with Crippen molar-refractivity contribution in [3.8, 4) is 5.75 Å². The molecule has 2 aromatic rings. The molecule has 1 saturated carbocycles. The fourth-order valence-corrected chi connectivity index (χ4v) is 5.52. The van der Waals surface area contributed by atoms with Gasteiger partial charge in [0.1, 0.15) is 23.1 Å². The van der Waals surface area contributed by atoms with Gasteiger partial charge in [-0.25, -0.2) is 0 Å². The van der Waals surface area contributed by atoms with Gasteiger partial charge in [-0.05, 0) is 43.0 Å². The molecule has 0 radical (unpaired) electrons. The smallest absolute Gasteiger partial charge is 0.279 e. The van der Waals surface area contributed by atoms with E-state index in [1.165, 1.54) is 5.56 Å². The average Bonchev–Trinajstić information content (AvgIpc) is 3.52. The molecule has 5 rings (SSSR count). The highest BCUT2D eigenvalue weighted by molar-refractivity contribution is 5.96. The standard InChI is InChI=1S/C29H37N5O3/c1-20-7-9-22(10-8-20)18-34-25-26(30-28(34)31-29(19-35)15-5-6-16-29)32(3)21(2)33(27(25)36)17-23-11-13-24(37-4)14-12-23/h7-14,28,30-31,35H,2,5-6,15-19H2,1,3-4H3. The maximum Gasteiger partial charge on any atom is 0.279 e. The lowest BCUT2D eigenvalue weighted by atomic mass is 9.99. The van der Waals surface area contributed by atoms with Crippen molar-refractivity contribution in [3.05, 3.63) is 89.1 Å². The van der Waals surface area contributed by atoms with Crippen LogP contribution in [0.25, 0.3) is 0 Å². The number of carbonyl (C=O) groups excluding carboxylic acids is 1. The zero-order chi connectivity index (χ0) is 26.2. The van der Waals surface area contributed by atoms with E-state index in [9.17, 15) is 9.90 Å². The molecule has 0 spiro atoms. The molecule has 2 aromatic carbocycles. The summed E-state index contributed by atoms with van der Waals surface area (Å²) in [7, 11) is 3.57. The van der Waals surface area contributed by atoms with E-state index in [2.05, 4.69) is 53.3 Å². The lowest BCUT2D eigenvalue weighted by Gasteiger charge is -2.38. The Morgan fingerprint density at radius 3 is 2.32 bits per heavy atom. The maximum atomic E-state index is 14.1. The fraction of sp³-hybridized carbons (Fsp3) is 0.414. The first-order valence-corrected chi connectivity index (χ1v) is 12.9. The van der Waals surface area contributed by atoms with Crippen molar-refractivity contribution < 1.29 is 14.6 Å². The van der Waals surface area contributed by atoms with Crippen molar-refractivity contribution in [1.82, 2.24) is 25.3 Å². The summed E-state index contributed by atoms with van der Waals surface area (Å²) in [5.74, 6) is 2.03. The van der Waals surface area contributed by atoms with Crippen LogP contribution in [-0.4, -0.2) is 58.3 Å². The van der Waals surface area contributed by atoms with E-state index >= 15 is 0 Å². The molecular formula is C29H37N5O3. The number of rotatable bonds is 8. The Morgan fingerprint density at radius 2 is 1.70 bits per heavy atom. The van der Waals surface area contributed by atoms with Gasteiger partial charge in [-0.2, -0.15) is 0 Å². The third-order valence-corrected chi connectivity index (χ3v) is 7.86. The summed E-state index contributed by atoms with van der Waals surface area (Å²) in [5.41, 5.74) is 3.54. The highest BCUT2D eigenvalue weighted by atomic mass is 16.5. The molecule has 37 heavy (non-hydrogen) atoms. The Labute approximate surface area is 219 Å². The Balaban J connectivity index is 1.47. The molecule has 1 unspecified atom stereocenters. The second kappa shape index (κ2) is 10.1. The number of nitrogens with one attached hydrogen (secondary N) is 2. The van der Waals surface area contributed by atoms with E-state index in [0.717, 1.165) is 48.4 Å². The number of nitrogens with zero attached hydrogens (tertiary/aromatic N) is 3. The second-order valence-electron chi connectivity index (χ2n) is 10.4. The van der Waals surface area contributed by atoms with Crippen LogP contribution in [0.15, 0.2) is 72.4 Å². The molecule has 196 valence electrons. The predicted molar refractivity (Wildman–Crippen MR) is 143 cm³/mol. The summed E-state index contributed by atoms with van der Waals surface area (Å²) < 4.78 is 5.28. The minimum Gasteiger partial charge on any atom is -0.497 e. The Morgan fingerprint density at radius 1 is 1.08 bits per heavy atom. The average molecular weight is 504 g/mol. The normalized spacial score (nSPS) is 21.0. The number of aliphatic hydroxyl groups excluding tert-OH is 1. The van der Waals surface area contributed by atoms with Crippen molar-refractivity contribution in [1.29, 1.82) is 0 Å². The van der Waals surface area contributed by atoms with Gasteiger partial charge in [-0.1, -0.05) is 61.4 Å². The number of methoxy groups -OCH3 is 1. The van der Waals surface area contributed by atoms with Crippen LogP contribution in [0.5, 0.6) is 5.75 Å². The Hall–Kier alpha value is -3.49. The number of hydrogen-bond donors (Lipinski definition) is 3. The summed E-state index contributed by atoms with van der Waals surface area (Å²) in [6.45, 7) is 7.33. The fourth-order valence-electron chi connectivity index (χ4n) is 5.52. The van der Waals surface area contributed by atoms with Crippen LogP contribution >= 0.6 is 0 Å². The van der Waals surface area contributed by atoms with Crippen LogP contribution in [0, 0.1) is 6.92 Å².